The summed E-state index contributed by atoms with van der Waals surface area (Å²) in [5.74, 6) is -0.751. The molecule has 0 spiro atoms. The van der Waals surface area contributed by atoms with Crippen LogP contribution in [-0.2, 0) is 32.4 Å². The molecule has 0 amide bonds. The minimum absolute atomic E-state index is 0.0549. The summed E-state index contributed by atoms with van der Waals surface area (Å²) in [6.07, 6.45) is 1.16. The fraction of sp³-hybridized carbons (Fsp3) is 0.176. The number of rotatable bonds is 6. The Bertz CT molecular complexity index is 1190. The molecule has 1 heterocycles. The number of aliphatic hydroxyl groups is 1. The van der Waals surface area contributed by atoms with E-state index in [1.54, 1.807) is 24.3 Å². The van der Waals surface area contributed by atoms with E-state index < -0.39 is 26.1 Å². The minimum atomic E-state index is -4.04. The average Bonchev–Trinajstić information content (AvgIpc) is 2.87. The van der Waals surface area contributed by atoms with Gasteiger partial charge in [-0.2, -0.15) is 8.42 Å². The van der Waals surface area contributed by atoms with Crippen LogP contribution in [0.15, 0.2) is 48.5 Å². The van der Waals surface area contributed by atoms with Crippen LogP contribution in [-0.4, -0.2) is 34.2 Å². The Kier molecular flexibility index (Phi) is 5.34. The number of methoxy groups -OCH3 is 1. The van der Waals surface area contributed by atoms with Crippen molar-refractivity contribution in [3.8, 4) is 11.5 Å². The van der Waals surface area contributed by atoms with Crippen molar-refractivity contribution in [1.82, 2.24) is 4.72 Å². The number of hydrogen-bond acceptors (Lipinski definition) is 7. The van der Waals surface area contributed by atoms with Crippen LogP contribution >= 0.6 is 0 Å². The lowest BCUT2D eigenvalue weighted by Crippen LogP contribution is -2.29. The van der Waals surface area contributed by atoms with Crippen LogP contribution in [0.1, 0.15) is 16.7 Å². The Morgan fingerprint density at radius 3 is 2.41 bits per heavy atom. The fourth-order valence-electron chi connectivity index (χ4n) is 2.92. The van der Waals surface area contributed by atoms with Crippen LogP contribution in [0.3, 0.4) is 0 Å². The first-order valence-electron chi connectivity index (χ1n) is 8.19. The molecule has 1 aliphatic rings. The zero-order chi connectivity index (χ0) is 21.4. The van der Waals surface area contributed by atoms with Gasteiger partial charge in [0.25, 0.3) is 0 Å². The molecule has 0 fully saturated rings. The zero-order valence-corrected chi connectivity index (χ0v) is 16.9. The highest BCUT2D eigenvalue weighted by Gasteiger charge is 2.30. The summed E-state index contributed by atoms with van der Waals surface area (Å²) in [4.78, 5) is 0. The summed E-state index contributed by atoms with van der Waals surface area (Å²) in [6, 6.07) is 9.19. The Hall–Kier alpha value is -2.96. The summed E-state index contributed by atoms with van der Waals surface area (Å²) in [7, 11) is -6.31. The minimum Gasteiger partial charge on any atom is -0.506 e. The summed E-state index contributed by atoms with van der Waals surface area (Å²) < 4.78 is 54.7. The topological polar surface area (TPSA) is 159 Å². The molecule has 29 heavy (non-hydrogen) atoms. The molecule has 0 unspecified atom stereocenters. The van der Waals surface area contributed by atoms with Gasteiger partial charge in [0.15, 0.2) is 0 Å². The van der Waals surface area contributed by atoms with E-state index in [4.69, 9.17) is 9.88 Å². The first-order valence-corrected chi connectivity index (χ1v) is 11.4. The lowest BCUT2D eigenvalue weighted by molar-refractivity contribution is 0.392. The van der Waals surface area contributed by atoms with Crippen LogP contribution in [0.25, 0.3) is 0 Å². The number of aromatic hydroxyl groups is 1. The second-order valence-corrected chi connectivity index (χ2v) is 9.52. The van der Waals surface area contributed by atoms with Gasteiger partial charge in [-0.15, -0.1) is 0 Å². The summed E-state index contributed by atoms with van der Waals surface area (Å²) >= 11 is 0. The predicted octanol–water partition coefficient (Wildman–Crippen LogP) is 0.791. The Balaban J connectivity index is 1.95. The quantitative estimate of drug-likeness (QED) is 0.516. The van der Waals surface area contributed by atoms with Crippen LogP contribution in [0.5, 0.6) is 11.5 Å². The van der Waals surface area contributed by atoms with Crippen LogP contribution < -0.4 is 18.9 Å². The van der Waals surface area contributed by atoms with Crippen molar-refractivity contribution in [2.75, 3.05) is 11.4 Å². The Morgan fingerprint density at radius 2 is 1.86 bits per heavy atom. The van der Waals surface area contributed by atoms with Crippen molar-refractivity contribution in [3.05, 3.63) is 65.2 Å². The van der Waals surface area contributed by atoms with Crippen molar-refractivity contribution in [3.63, 3.8) is 0 Å². The number of phenols is 1. The van der Waals surface area contributed by atoms with E-state index in [9.17, 15) is 27.0 Å². The van der Waals surface area contributed by atoms with E-state index in [0.717, 1.165) is 6.20 Å². The molecule has 0 saturated carbocycles. The highest BCUT2D eigenvalue weighted by atomic mass is 32.2. The monoisotopic (exact) mass is 441 g/mol. The van der Waals surface area contributed by atoms with Crippen molar-refractivity contribution in [2.24, 2.45) is 5.14 Å². The van der Waals surface area contributed by atoms with E-state index in [-0.39, 0.29) is 23.6 Å². The van der Waals surface area contributed by atoms with Crippen LogP contribution in [0.4, 0.5) is 5.69 Å². The smallest absolute Gasteiger partial charge is 0.330 e. The molecule has 2 aromatic rings. The maximum atomic E-state index is 12.0. The second kappa shape index (κ2) is 7.46. The maximum Gasteiger partial charge on any atom is 0.330 e. The molecule has 0 radical (unpaired) electrons. The third-order valence-electron chi connectivity index (χ3n) is 4.17. The number of phenolic OH excluding ortho intramolecular Hbond substituents is 1. The van der Waals surface area contributed by atoms with Gasteiger partial charge in [0.1, 0.15) is 17.2 Å². The third-order valence-corrected chi connectivity index (χ3v) is 6.17. The van der Waals surface area contributed by atoms with Gasteiger partial charge in [-0.25, -0.2) is 22.6 Å². The van der Waals surface area contributed by atoms with Crippen LogP contribution in [0, 0.1) is 0 Å². The number of hydrogen-bond donors (Lipinski definition) is 4. The molecule has 5 N–H and O–H groups in total. The number of aliphatic hydroxyl groups excluding tert-OH is 1. The molecule has 3 rings (SSSR count). The van der Waals surface area contributed by atoms with Gasteiger partial charge in [0, 0.05) is 0 Å². The molecular formula is C17H19N3O7S2. The average molecular weight is 441 g/mol. The van der Waals surface area contributed by atoms with Crippen molar-refractivity contribution >= 4 is 25.9 Å². The summed E-state index contributed by atoms with van der Waals surface area (Å²) in [6.45, 7) is 0. The molecule has 0 saturated heterocycles. The number of nitrogens with two attached hydrogens (primary N) is 1. The highest BCUT2D eigenvalue weighted by Crippen LogP contribution is 2.33. The first kappa shape index (κ1) is 20.8. The molecule has 0 atom stereocenters. The molecule has 10 nitrogen and oxygen atoms in total. The molecule has 0 bridgehead atoms. The third kappa shape index (κ3) is 4.72. The largest absolute Gasteiger partial charge is 0.506 e. The first-order chi connectivity index (χ1) is 13.5. The lowest BCUT2D eigenvalue weighted by Gasteiger charge is -2.16. The lowest BCUT2D eigenvalue weighted by atomic mass is 9.99. The molecule has 1 aliphatic heterocycles. The number of nitrogens with zero attached hydrogens (tertiary/aromatic N) is 1. The van der Waals surface area contributed by atoms with Gasteiger partial charge in [-0.3, -0.25) is 0 Å². The zero-order valence-electron chi connectivity index (χ0n) is 15.2. The van der Waals surface area contributed by atoms with Gasteiger partial charge in [0.2, 0.25) is 15.9 Å². The van der Waals surface area contributed by atoms with E-state index in [1.165, 1.54) is 19.2 Å². The highest BCUT2D eigenvalue weighted by molar-refractivity contribution is 7.91. The predicted molar refractivity (Wildman–Crippen MR) is 106 cm³/mol. The SMILES string of the molecule is COc1ccc(CS(N)(=O)=O)c(Cc2ccc(N3C=C(O)NS3(=O)=O)c(O)c2)c1. The summed E-state index contributed by atoms with van der Waals surface area (Å²) in [5, 5.41) is 24.9. The van der Waals surface area contributed by atoms with Crippen molar-refractivity contribution < 1.29 is 31.8 Å². The van der Waals surface area contributed by atoms with Gasteiger partial charge in [-0.05, 0) is 47.4 Å². The second-order valence-electron chi connectivity index (χ2n) is 6.36. The van der Waals surface area contributed by atoms with E-state index >= 15 is 0 Å². The van der Waals surface area contributed by atoms with Gasteiger partial charge < -0.3 is 14.9 Å². The number of benzene rings is 2. The number of anilines is 1. The molecule has 12 heteroatoms. The standard InChI is InChI=1S/C17H19N3O7S2/c1-27-14-4-3-12(10-28(18,23)24)13(8-14)6-11-2-5-15(16(21)7-11)20-9-17(22)19-29(20,25)26/h2-5,7-9,19,21-22H,6,10H2,1H3,(H2,18,23,24). The van der Waals surface area contributed by atoms with E-state index in [0.29, 0.717) is 26.7 Å². The van der Waals surface area contributed by atoms with Gasteiger partial charge >= 0.3 is 10.2 Å². The molecule has 156 valence electrons. The number of nitrogens with one attached hydrogen (secondary N) is 1. The van der Waals surface area contributed by atoms with E-state index in [1.807, 2.05) is 4.72 Å². The van der Waals surface area contributed by atoms with Crippen molar-refractivity contribution in [1.29, 1.82) is 0 Å². The number of ether oxygens (including phenoxy) is 1. The maximum absolute atomic E-state index is 12.0. The van der Waals surface area contributed by atoms with Gasteiger partial charge in [-0.1, -0.05) is 12.1 Å². The number of primary sulfonamides is 1. The summed E-state index contributed by atoms with van der Waals surface area (Å²) in [5.41, 5.74) is 1.64. The molecular weight excluding hydrogens is 422 g/mol. The molecule has 2 aromatic carbocycles. The van der Waals surface area contributed by atoms with E-state index in [2.05, 4.69) is 0 Å². The fourth-order valence-corrected chi connectivity index (χ4v) is 4.71. The number of sulfonamides is 1. The normalized spacial score (nSPS) is 15.7. The van der Waals surface area contributed by atoms with Gasteiger partial charge in [0.05, 0.1) is 19.1 Å². The Labute approximate surface area is 168 Å². The molecule has 0 aliphatic carbocycles. The van der Waals surface area contributed by atoms with Crippen molar-refractivity contribution in [2.45, 2.75) is 12.2 Å². The Morgan fingerprint density at radius 1 is 1.14 bits per heavy atom. The van der Waals surface area contributed by atoms with Crippen LogP contribution in [0.2, 0.25) is 0 Å². The molecule has 0 aromatic heterocycles.